The van der Waals surface area contributed by atoms with Crippen molar-refractivity contribution in [3.8, 4) is 5.69 Å². The van der Waals surface area contributed by atoms with Gasteiger partial charge in [-0.05, 0) is 37.5 Å². The number of carbonyl (C=O) groups is 2. The maximum Gasteiger partial charge on any atom is 0.321 e. The van der Waals surface area contributed by atoms with Gasteiger partial charge in [-0.15, -0.1) is 10.2 Å². The molecule has 1 aliphatic heterocycles. The number of rotatable bonds is 7. The number of aromatic nitrogens is 3. The molecular formula is C23H25ClN6O2S. The molecule has 1 unspecified atom stereocenters. The minimum Gasteiger partial charge on any atom is -0.341 e. The lowest BCUT2D eigenvalue weighted by Gasteiger charge is -2.19. The van der Waals surface area contributed by atoms with Gasteiger partial charge >= 0.3 is 6.03 Å². The molecule has 0 bridgehead atoms. The van der Waals surface area contributed by atoms with Crippen LogP contribution in [0.3, 0.4) is 0 Å². The van der Waals surface area contributed by atoms with Crippen molar-refractivity contribution >= 4 is 41.2 Å². The topological polar surface area (TPSA) is 92.2 Å². The van der Waals surface area contributed by atoms with E-state index >= 15 is 0 Å². The van der Waals surface area contributed by atoms with E-state index in [-0.39, 0.29) is 0 Å². The molecule has 2 heterocycles. The Bertz CT molecular complexity index is 1120. The second-order valence-corrected chi connectivity index (χ2v) is 9.40. The number of hydrogen-bond acceptors (Lipinski definition) is 6. The third kappa shape index (κ3) is 5.66. The second-order valence-electron chi connectivity index (χ2n) is 7.68. The Morgan fingerprint density at radius 3 is 2.48 bits per heavy atom. The first-order valence-corrected chi connectivity index (χ1v) is 12.0. The zero-order valence-corrected chi connectivity index (χ0v) is 19.8. The highest BCUT2D eigenvalue weighted by atomic mass is 35.5. The van der Waals surface area contributed by atoms with Crippen molar-refractivity contribution in [3.63, 3.8) is 0 Å². The quantitative estimate of drug-likeness (QED) is 0.492. The van der Waals surface area contributed by atoms with Gasteiger partial charge in [0.25, 0.3) is 0 Å². The molecule has 2 aromatic carbocycles. The van der Waals surface area contributed by atoms with E-state index in [1.807, 2.05) is 59.2 Å². The van der Waals surface area contributed by atoms with Crippen molar-refractivity contribution in [2.24, 2.45) is 0 Å². The molecule has 4 rings (SSSR count). The zero-order chi connectivity index (χ0) is 23.2. The highest BCUT2D eigenvalue weighted by Crippen LogP contribution is 2.33. The number of nitrogens with zero attached hydrogens (tertiary/aromatic N) is 4. The van der Waals surface area contributed by atoms with Crippen molar-refractivity contribution in [2.75, 3.05) is 18.0 Å². The number of anilines is 1. The van der Waals surface area contributed by atoms with Gasteiger partial charge in [-0.3, -0.25) is 14.7 Å². The number of imide groups is 1. The van der Waals surface area contributed by atoms with Gasteiger partial charge in [-0.1, -0.05) is 65.8 Å². The molecule has 0 saturated carbocycles. The zero-order valence-electron chi connectivity index (χ0n) is 18.2. The average molecular weight is 485 g/mol. The normalized spacial score (nSPS) is 14.2. The molecule has 0 radical (unpaired) electrons. The van der Waals surface area contributed by atoms with Crippen molar-refractivity contribution in [1.82, 2.24) is 25.4 Å². The summed E-state index contributed by atoms with van der Waals surface area (Å²) in [6.07, 6.45) is 2.18. The van der Waals surface area contributed by atoms with Gasteiger partial charge in [-0.2, -0.15) is 0 Å². The summed E-state index contributed by atoms with van der Waals surface area (Å²) in [5.74, 6) is 0.290. The number of benzene rings is 2. The van der Waals surface area contributed by atoms with Crippen LogP contribution >= 0.6 is 23.4 Å². The SMILES string of the molecule is CC(Sc1nnc(N2CCCC2)n1-c1ccccc1Cl)C(=O)NC(=O)NCc1ccccc1. The number of carbonyl (C=O) groups excluding carboxylic acids is 2. The molecule has 2 N–H and O–H groups in total. The number of halogens is 1. The van der Waals surface area contributed by atoms with Crippen LogP contribution < -0.4 is 15.5 Å². The van der Waals surface area contributed by atoms with Gasteiger partial charge in [0.15, 0.2) is 5.16 Å². The smallest absolute Gasteiger partial charge is 0.321 e. The largest absolute Gasteiger partial charge is 0.341 e. The minimum absolute atomic E-state index is 0.335. The molecule has 172 valence electrons. The molecule has 1 atom stereocenters. The van der Waals surface area contributed by atoms with Crippen LogP contribution in [0.15, 0.2) is 59.8 Å². The van der Waals surface area contributed by atoms with E-state index < -0.39 is 17.2 Å². The predicted octanol–water partition coefficient (Wildman–Crippen LogP) is 4.03. The number of hydrogen-bond donors (Lipinski definition) is 2. The average Bonchev–Trinajstić information content (AvgIpc) is 3.49. The van der Waals surface area contributed by atoms with Gasteiger partial charge in [0.2, 0.25) is 11.9 Å². The molecule has 3 aromatic rings. The standard InChI is InChI=1S/C23H25ClN6O2S/c1-16(20(31)26-21(32)25-15-17-9-3-2-4-10-17)33-23-28-27-22(29-13-7-8-14-29)30(23)19-12-6-5-11-18(19)24/h2-6,9-12,16H,7-8,13-15H2,1H3,(H2,25,26,31,32). The van der Waals surface area contributed by atoms with Crippen LogP contribution in [-0.2, 0) is 11.3 Å². The predicted molar refractivity (Wildman–Crippen MR) is 130 cm³/mol. The number of nitrogens with one attached hydrogen (secondary N) is 2. The number of amides is 3. The first-order chi connectivity index (χ1) is 16.0. The van der Waals surface area contributed by atoms with Crippen LogP contribution in [-0.4, -0.2) is 45.0 Å². The summed E-state index contributed by atoms with van der Waals surface area (Å²) in [5, 5.41) is 14.4. The Hall–Kier alpha value is -3.04. The fourth-order valence-corrected chi connectivity index (χ4v) is 4.63. The van der Waals surface area contributed by atoms with Gasteiger partial charge in [0.05, 0.1) is 16.0 Å². The van der Waals surface area contributed by atoms with Crippen molar-refractivity contribution in [3.05, 3.63) is 65.2 Å². The molecule has 1 aromatic heterocycles. The van der Waals surface area contributed by atoms with Gasteiger partial charge in [0, 0.05) is 19.6 Å². The molecule has 10 heteroatoms. The molecule has 0 spiro atoms. The summed E-state index contributed by atoms with van der Waals surface area (Å²) in [6.45, 7) is 3.85. The van der Waals surface area contributed by atoms with Crippen LogP contribution in [0.1, 0.15) is 25.3 Å². The molecule has 8 nitrogen and oxygen atoms in total. The molecule has 1 saturated heterocycles. The molecular weight excluding hydrogens is 460 g/mol. The summed E-state index contributed by atoms with van der Waals surface area (Å²) < 4.78 is 1.89. The van der Waals surface area contributed by atoms with Gasteiger partial charge in [0.1, 0.15) is 0 Å². The number of thioether (sulfide) groups is 1. The minimum atomic E-state index is -0.579. The van der Waals surface area contributed by atoms with Crippen LogP contribution in [0.25, 0.3) is 5.69 Å². The second kappa shape index (κ2) is 10.7. The Balaban J connectivity index is 1.46. The van der Waals surface area contributed by atoms with E-state index in [0.29, 0.717) is 22.7 Å². The van der Waals surface area contributed by atoms with Gasteiger partial charge in [-0.25, -0.2) is 4.79 Å². The number of para-hydroxylation sites is 1. The third-order valence-electron chi connectivity index (χ3n) is 5.28. The van der Waals surface area contributed by atoms with E-state index in [2.05, 4.69) is 25.7 Å². The summed E-state index contributed by atoms with van der Waals surface area (Å²) >= 11 is 7.71. The van der Waals surface area contributed by atoms with E-state index in [0.717, 1.165) is 37.2 Å². The van der Waals surface area contributed by atoms with E-state index in [9.17, 15) is 9.59 Å². The summed E-state index contributed by atoms with van der Waals surface area (Å²) in [5.41, 5.74) is 1.70. The first-order valence-electron chi connectivity index (χ1n) is 10.8. The lowest BCUT2D eigenvalue weighted by molar-refractivity contribution is -0.119. The highest BCUT2D eigenvalue weighted by Gasteiger charge is 2.26. The fraction of sp³-hybridized carbons (Fsp3) is 0.304. The maximum atomic E-state index is 12.7. The van der Waals surface area contributed by atoms with Gasteiger partial charge < -0.3 is 10.2 Å². The Morgan fingerprint density at radius 1 is 1.06 bits per heavy atom. The van der Waals surface area contributed by atoms with Crippen molar-refractivity contribution < 1.29 is 9.59 Å². The summed E-state index contributed by atoms with van der Waals surface area (Å²) in [4.78, 5) is 27.0. The number of urea groups is 1. The lowest BCUT2D eigenvalue weighted by Crippen LogP contribution is -2.42. The van der Waals surface area contributed by atoms with Crippen LogP contribution in [0.2, 0.25) is 5.02 Å². The first kappa shape index (κ1) is 23.1. The third-order valence-corrected chi connectivity index (χ3v) is 6.64. The molecule has 1 aliphatic rings. The van der Waals surface area contributed by atoms with E-state index in [1.165, 1.54) is 11.8 Å². The lowest BCUT2D eigenvalue weighted by atomic mass is 10.2. The Kier molecular flexibility index (Phi) is 7.51. The highest BCUT2D eigenvalue weighted by molar-refractivity contribution is 8.00. The Labute approximate surface area is 201 Å². The van der Waals surface area contributed by atoms with Crippen LogP contribution in [0.5, 0.6) is 0 Å². The molecule has 1 fully saturated rings. The maximum absolute atomic E-state index is 12.7. The van der Waals surface area contributed by atoms with E-state index in [1.54, 1.807) is 6.92 Å². The van der Waals surface area contributed by atoms with Crippen molar-refractivity contribution in [1.29, 1.82) is 0 Å². The summed E-state index contributed by atoms with van der Waals surface area (Å²) in [7, 11) is 0. The van der Waals surface area contributed by atoms with Crippen molar-refractivity contribution in [2.45, 2.75) is 36.7 Å². The monoisotopic (exact) mass is 484 g/mol. The van der Waals surface area contributed by atoms with Crippen LogP contribution in [0, 0.1) is 0 Å². The fourth-order valence-electron chi connectivity index (χ4n) is 3.55. The van der Waals surface area contributed by atoms with E-state index in [4.69, 9.17) is 11.6 Å². The summed E-state index contributed by atoms with van der Waals surface area (Å²) in [6, 6.07) is 16.4. The molecule has 0 aliphatic carbocycles. The molecule has 33 heavy (non-hydrogen) atoms. The Morgan fingerprint density at radius 2 is 1.76 bits per heavy atom. The molecule has 3 amide bonds. The van der Waals surface area contributed by atoms with Crippen LogP contribution in [0.4, 0.5) is 10.7 Å².